The molecule has 1 aromatic carbocycles. The van der Waals surface area contributed by atoms with Crippen molar-refractivity contribution in [1.82, 2.24) is 10.6 Å². The van der Waals surface area contributed by atoms with Crippen molar-refractivity contribution in [3.63, 3.8) is 0 Å². The number of amides is 2. The highest BCUT2D eigenvalue weighted by Crippen LogP contribution is 2.12. The molecular weight excluding hydrogens is 374 g/mol. The second kappa shape index (κ2) is 11.4. The van der Waals surface area contributed by atoms with Crippen molar-refractivity contribution in [2.24, 2.45) is 17.6 Å². The number of carbonyl (C=O) groups is 3. The number of hydrogen-bond donors (Lipinski definition) is 5. The number of benzene rings is 1. The summed E-state index contributed by atoms with van der Waals surface area (Å²) in [7, 11) is 0. The van der Waals surface area contributed by atoms with Crippen molar-refractivity contribution in [2.45, 2.75) is 65.1 Å². The zero-order chi connectivity index (χ0) is 22.1. The molecule has 0 heterocycles. The SMILES string of the molecule is CC(C)C[C@H](N)C(=O)N[C@H](CC(C)C)C(=O)N[C@H](Cc1ccc(O)cc1)C(=O)O. The molecule has 29 heavy (non-hydrogen) atoms. The molecule has 8 nitrogen and oxygen atoms in total. The summed E-state index contributed by atoms with van der Waals surface area (Å²) in [6.45, 7) is 7.72. The van der Waals surface area contributed by atoms with E-state index >= 15 is 0 Å². The van der Waals surface area contributed by atoms with Crippen molar-refractivity contribution in [1.29, 1.82) is 0 Å². The second-order valence-electron chi connectivity index (χ2n) is 8.20. The molecule has 0 aliphatic rings. The minimum atomic E-state index is -1.18. The van der Waals surface area contributed by atoms with Crippen LogP contribution in [0.25, 0.3) is 0 Å². The Morgan fingerprint density at radius 1 is 0.897 bits per heavy atom. The molecule has 2 amide bonds. The number of carboxylic acid groups (broad SMARTS) is 1. The molecule has 8 heteroatoms. The highest BCUT2D eigenvalue weighted by Gasteiger charge is 2.28. The number of rotatable bonds is 11. The zero-order valence-electron chi connectivity index (χ0n) is 17.5. The predicted molar refractivity (Wildman–Crippen MR) is 110 cm³/mol. The second-order valence-corrected chi connectivity index (χ2v) is 8.20. The maximum atomic E-state index is 12.7. The molecule has 0 aromatic heterocycles. The van der Waals surface area contributed by atoms with Crippen molar-refractivity contribution in [2.75, 3.05) is 0 Å². The summed E-state index contributed by atoms with van der Waals surface area (Å²) in [4.78, 5) is 36.7. The fourth-order valence-corrected chi connectivity index (χ4v) is 2.94. The van der Waals surface area contributed by atoms with Crippen LogP contribution in [0.1, 0.15) is 46.1 Å². The lowest BCUT2D eigenvalue weighted by Crippen LogP contribution is -2.55. The monoisotopic (exact) mass is 407 g/mol. The van der Waals surface area contributed by atoms with Gasteiger partial charge in [-0.1, -0.05) is 39.8 Å². The van der Waals surface area contributed by atoms with Crippen LogP contribution in [0.4, 0.5) is 0 Å². The van der Waals surface area contributed by atoms with Crippen LogP contribution in [0.2, 0.25) is 0 Å². The molecule has 0 radical (unpaired) electrons. The predicted octanol–water partition coefficient (Wildman–Crippen LogP) is 1.41. The maximum absolute atomic E-state index is 12.7. The summed E-state index contributed by atoms with van der Waals surface area (Å²) in [5.74, 6) is -1.76. The molecule has 0 fully saturated rings. The molecule has 0 bridgehead atoms. The molecule has 0 saturated carbocycles. The van der Waals surface area contributed by atoms with Crippen LogP contribution in [0, 0.1) is 11.8 Å². The van der Waals surface area contributed by atoms with Crippen LogP contribution < -0.4 is 16.4 Å². The van der Waals surface area contributed by atoms with E-state index in [1.54, 1.807) is 12.1 Å². The van der Waals surface area contributed by atoms with Crippen LogP contribution in [0.5, 0.6) is 5.75 Å². The van der Waals surface area contributed by atoms with E-state index in [1.165, 1.54) is 12.1 Å². The molecule has 0 saturated heterocycles. The lowest BCUT2D eigenvalue weighted by atomic mass is 9.99. The molecule has 0 aliphatic heterocycles. The number of phenols is 1. The highest BCUT2D eigenvalue weighted by molar-refractivity contribution is 5.91. The topological polar surface area (TPSA) is 142 Å². The smallest absolute Gasteiger partial charge is 0.326 e. The molecular formula is C21H33N3O5. The Labute approximate surface area is 171 Å². The average molecular weight is 408 g/mol. The van der Waals surface area contributed by atoms with E-state index in [9.17, 15) is 24.6 Å². The van der Waals surface area contributed by atoms with Crippen molar-refractivity contribution < 1.29 is 24.6 Å². The van der Waals surface area contributed by atoms with Gasteiger partial charge in [0.25, 0.3) is 0 Å². The summed E-state index contributed by atoms with van der Waals surface area (Å²) in [5.41, 5.74) is 6.55. The van der Waals surface area contributed by atoms with Crippen LogP contribution in [0.15, 0.2) is 24.3 Å². The van der Waals surface area contributed by atoms with Gasteiger partial charge < -0.3 is 26.6 Å². The molecule has 1 rings (SSSR count). The van der Waals surface area contributed by atoms with E-state index < -0.39 is 35.9 Å². The number of carboxylic acids is 1. The number of aromatic hydroxyl groups is 1. The molecule has 1 aromatic rings. The van der Waals surface area contributed by atoms with E-state index in [-0.39, 0.29) is 24.0 Å². The fourth-order valence-electron chi connectivity index (χ4n) is 2.94. The Balaban J connectivity index is 2.85. The highest BCUT2D eigenvalue weighted by atomic mass is 16.4. The molecule has 0 unspecified atom stereocenters. The van der Waals surface area contributed by atoms with E-state index in [2.05, 4.69) is 10.6 Å². The summed E-state index contributed by atoms with van der Waals surface area (Å²) in [5, 5.41) is 24.0. The van der Waals surface area contributed by atoms with Gasteiger partial charge in [0.05, 0.1) is 6.04 Å². The Morgan fingerprint density at radius 2 is 1.41 bits per heavy atom. The lowest BCUT2D eigenvalue weighted by molar-refractivity contribution is -0.142. The number of carbonyl (C=O) groups excluding carboxylic acids is 2. The van der Waals surface area contributed by atoms with Crippen LogP contribution >= 0.6 is 0 Å². The van der Waals surface area contributed by atoms with Crippen LogP contribution in [-0.2, 0) is 20.8 Å². The lowest BCUT2D eigenvalue weighted by Gasteiger charge is -2.24. The summed E-state index contributed by atoms with van der Waals surface area (Å²) < 4.78 is 0. The van der Waals surface area contributed by atoms with Gasteiger partial charge in [0, 0.05) is 6.42 Å². The third-order valence-electron chi connectivity index (χ3n) is 4.39. The van der Waals surface area contributed by atoms with Gasteiger partial charge in [-0.25, -0.2) is 4.79 Å². The van der Waals surface area contributed by atoms with Gasteiger partial charge in [-0.05, 0) is 42.4 Å². The summed E-state index contributed by atoms with van der Waals surface area (Å²) in [6.07, 6.45) is 0.897. The van der Waals surface area contributed by atoms with Crippen molar-refractivity contribution in [3.8, 4) is 5.75 Å². The minimum absolute atomic E-state index is 0.0521. The van der Waals surface area contributed by atoms with Gasteiger partial charge in [-0.15, -0.1) is 0 Å². The molecule has 0 aliphatic carbocycles. The third-order valence-corrected chi connectivity index (χ3v) is 4.39. The number of hydrogen-bond acceptors (Lipinski definition) is 5. The Morgan fingerprint density at radius 3 is 1.90 bits per heavy atom. The number of nitrogens with one attached hydrogen (secondary N) is 2. The van der Waals surface area contributed by atoms with Gasteiger partial charge >= 0.3 is 5.97 Å². The molecule has 3 atom stereocenters. The van der Waals surface area contributed by atoms with Gasteiger partial charge in [0.15, 0.2) is 0 Å². The first kappa shape index (κ1) is 24.4. The van der Waals surface area contributed by atoms with E-state index in [1.807, 2.05) is 27.7 Å². The first-order valence-electron chi connectivity index (χ1n) is 9.86. The van der Waals surface area contributed by atoms with E-state index in [0.29, 0.717) is 18.4 Å². The molecule has 6 N–H and O–H groups in total. The minimum Gasteiger partial charge on any atom is -0.508 e. The van der Waals surface area contributed by atoms with Gasteiger partial charge in [0.2, 0.25) is 11.8 Å². The quantitative estimate of drug-likeness (QED) is 0.375. The van der Waals surface area contributed by atoms with E-state index in [0.717, 1.165) is 0 Å². The first-order chi connectivity index (χ1) is 13.5. The van der Waals surface area contributed by atoms with Gasteiger partial charge in [-0.2, -0.15) is 0 Å². The summed E-state index contributed by atoms with van der Waals surface area (Å²) >= 11 is 0. The fraction of sp³-hybridized carbons (Fsp3) is 0.571. The number of nitrogens with two attached hydrogens (primary N) is 1. The normalized spacial score (nSPS) is 14.3. The molecule has 0 spiro atoms. The number of phenolic OH excluding ortho intramolecular Hbond substituents is 1. The first-order valence-corrected chi connectivity index (χ1v) is 9.86. The standard InChI is InChI=1S/C21H33N3O5/c1-12(2)9-16(22)19(26)23-17(10-13(3)4)20(27)24-18(21(28)29)11-14-5-7-15(25)8-6-14/h5-8,12-13,16-18,25H,9-11,22H2,1-4H3,(H,23,26)(H,24,27)(H,28,29)/t16-,17+,18+/m0/s1. The maximum Gasteiger partial charge on any atom is 0.326 e. The van der Waals surface area contributed by atoms with Crippen LogP contribution in [0.3, 0.4) is 0 Å². The van der Waals surface area contributed by atoms with Crippen molar-refractivity contribution in [3.05, 3.63) is 29.8 Å². The zero-order valence-corrected chi connectivity index (χ0v) is 17.5. The van der Waals surface area contributed by atoms with Crippen LogP contribution in [-0.4, -0.2) is 46.1 Å². The van der Waals surface area contributed by atoms with E-state index in [4.69, 9.17) is 5.73 Å². The summed E-state index contributed by atoms with van der Waals surface area (Å²) in [6, 6.07) is 3.32. The largest absolute Gasteiger partial charge is 0.508 e. The van der Waals surface area contributed by atoms with Gasteiger partial charge in [0.1, 0.15) is 17.8 Å². The Hall–Kier alpha value is -2.61. The average Bonchev–Trinajstić information content (AvgIpc) is 2.61. The van der Waals surface area contributed by atoms with Gasteiger partial charge in [-0.3, -0.25) is 9.59 Å². The third kappa shape index (κ3) is 8.95. The Bertz CT molecular complexity index is 688. The number of aliphatic carboxylic acids is 1. The Kier molecular flexibility index (Phi) is 9.61. The molecule has 162 valence electrons. The van der Waals surface area contributed by atoms with Crippen molar-refractivity contribution >= 4 is 17.8 Å².